The highest BCUT2D eigenvalue weighted by atomic mass is 15.3. The number of rotatable bonds is 2. The maximum Gasteiger partial charge on any atom is 0.203 e. The number of likely N-dealkylation sites (N-methyl/N-ethyl adjacent to an activating group) is 1. The van der Waals surface area contributed by atoms with Crippen LogP contribution in [0.2, 0.25) is 0 Å². The van der Waals surface area contributed by atoms with Gasteiger partial charge in [-0.2, -0.15) is 0 Å². The summed E-state index contributed by atoms with van der Waals surface area (Å²) in [7, 11) is 2.09. The smallest absolute Gasteiger partial charge is 0.203 e. The van der Waals surface area contributed by atoms with E-state index in [0.29, 0.717) is 6.04 Å². The molecule has 1 atom stereocenters. The number of anilines is 1. The third kappa shape index (κ3) is 1.82. The van der Waals surface area contributed by atoms with Crippen molar-refractivity contribution in [2.75, 3.05) is 25.0 Å². The lowest BCUT2D eigenvalue weighted by atomic mass is 10.1. The Kier molecular flexibility index (Phi) is 2.87. The van der Waals surface area contributed by atoms with Gasteiger partial charge < -0.3 is 10.2 Å². The number of piperidine rings is 1. The van der Waals surface area contributed by atoms with Crippen LogP contribution in [0.3, 0.4) is 0 Å². The largest absolute Gasteiger partial charge is 0.352 e. The molecule has 1 aliphatic rings. The summed E-state index contributed by atoms with van der Waals surface area (Å²) in [6, 6.07) is 0.481. The molecule has 0 aliphatic carbocycles. The molecule has 96 valence electrons. The second kappa shape index (κ2) is 4.53. The summed E-state index contributed by atoms with van der Waals surface area (Å²) in [5.74, 6) is 1.80. The molecule has 0 saturated carbocycles. The maximum absolute atomic E-state index is 4.47. The van der Waals surface area contributed by atoms with E-state index in [9.17, 15) is 0 Å². The van der Waals surface area contributed by atoms with Crippen molar-refractivity contribution in [1.82, 2.24) is 24.9 Å². The molecule has 0 spiro atoms. The fourth-order valence-electron chi connectivity index (χ4n) is 2.51. The van der Waals surface area contributed by atoms with Crippen LogP contribution in [0.4, 0.5) is 5.82 Å². The quantitative estimate of drug-likeness (QED) is 0.842. The highest BCUT2D eigenvalue weighted by Gasteiger charge is 2.21. The first-order valence-electron chi connectivity index (χ1n) is 6.37. The Morgan fingerprint density at radius 2 is 2.33 bits per heavy atom. The first kappa shape index (κ1) is 11.4. The van der Waals surface area contributed by atoms with E-state index in [1.54, 1.807) is 0 Å². The number of nitrogens with one attached hydrogen (secondary N) is 1. The molecule has 6 nitrogen and oxygen atoms in total. The summed E-state index contributed by atoms with van der Waals surface area (Å²) in [6.45, 7) is 4.07. The molecule has 0 aromatic carbocycles. The second-order valence-electron chi connectivity index (χ2n) is 4.80. The average molecular weight is 246 g/mol. The fraction of sp³-hybridized carbons (Fsp3) is 0.583. The van der Waals surface area contributed by atoms with Crippen molar-refractivity contribution in [3.63, 3.8) is 0 Å². The van der Waals surface area contributed by atoms with Gasteiger partial charge in [0.25, 0.3) is 0 Å². The highest BCUT2D eigenvalue weighted by Crippen LogP contribution is 2.20. The number of fused-ring (bicyclic) bond motifs is 1. The lowest BCUT2D eigenvalue weighted by Gasteiger charge is -2.32. The number of aryl methyl sites for hydroxylation is 1. The Morgan fingerprint density at radius 3 is 3.11 bits per heavy atom. The van der Waals surface area contributed by atoms with Crippen LogP contribution in [0.15, 0.2) is 12.4 Å². The second-order valence-corrected chi connectivity index (χ2v) is 4.80. The van der Waals surface area contributed by atoms with Crippen LogP contribution in [0, 0.1) is 6.92 Å². The standard InChI is InChI=1S/C12H18N6/c1-9-15-16-12-11(14-6-7-18(9)12)17(2)10-4-3-5-13-8-10/h6-7,10,13H,3-5,8H2,1-2H3. The molecule has 6 heteroatoms. The Bertz CT molecular complexity index is 542. The topological polar surface area (TPSA) is 58.4 Å². The monoisotopic (exact) mass is 246 g/mol. The van der Waals surface area contributed by atoms with Crippen LogP contribution in [-0.4, -0.2) is 45.8 Å². The first-order valence-corrected chi connectivity index (χ1v) is 6.37. The van der Waals surface area contributed by atoms with Gasteiger partial charge in [-0.05, 0) is 26.3 Å². The van der Waals surface area contributed by atoms with E-state index >= 15 is 0 Å². The first-order chi connectivity index (χ1) is 8.77. The van der Waals surface area contributed by atoms with E-state index in [-0.39, 0.29) is 0 Å². The van der Waals surface area contributed by atoms with Crippen molar-refractivity contribution >= 4 is 11.5 Å². The Balaban J connectivity index is 1.97. The van der Waals surface area contributed by atoms with Crippen LogP contribution in [0.1, 0.15) is 18.7 Å². The molecule has 3 rings (SSSR count). The normalized spacial score (nSPS) is 20.2. The van der Waals surface area contributed by atoms with Gasteiger partial charge in [-0.3, -0.25) is 4.40 Å². The van der Waals surface area contributed by atoms with Crippen molar-refractivity contribution in [1.29, 1.82) is 0 Å². The van der Waals surface area contributed by atoms with Gasteiger partial charge in [-0.15, -0.1) is 10.2 Å². The average Bonchev–Trinajstić information content (AvgIpc) is 2.81. The predicted octanol–water partition coefficient (Wildman–Crippen LogP) is 0.621. The summed E-state index contributed by atoms with van der Waals surface area (Å²) >= 11 is 0. The minimum Gasteiger partial charge on any atom is -0.352 e. The molecule has 1 aliphatic heterocycles. The molecule has 0 bridgehead atoms. The van der Waals surface area contributed by atoms with Crippen LogP contribution in [0.5, 0.6) is 0 Å². The van der Waals surface area contributed by atoms with Gasteiger partial charge in [0.05, 0.1) is 0 Å². The predicted molar refractivity (Wildman–Crippen MR) is 69.8 cm³/mol. The molecule has 1 fully saturated rings. The Hall–Kier alpha value is -1.69. The minimum absolute atomic E-state index is 0.481. The molecule has 2 aromatic rings. The zero-order valence-corrected chi connectivity index (χ0v) is 10.8. The van der Waals surface area contributed by atoms with Gasteiger partial charge in [-0.25, -0.2) is 4.98 Å². The van der Waals surface area contributed by atoms with E-state index in [2.05, 4.69) is 32.4 Å². The van der Waals surface area contributed by atoms with Crippen molar-refractivity contribution in [2.24, 2.45) is 0 Å². The zero-order valence-electron chi connectivity index (χ0n) is 10.8. The Labute approximate surface area is 106 Å². The van der Waals surface area contributed by atoms with Crippen LogP contribution in [-0.2, 0) is 0 Å². The Morgan fingerprint density at radius 1 is 1.44 bits per heavy atom. The van der Waals surface area contributed by atoms with Gasteiger partial charge >= 0.3 is 0 Å². The van der Waals surface area contributed by atoms with E-state index in [1.807, 2.05) is 23.7 Å². The van der Waals surface area contributed by atoms with Crippen molar-refractivity contribution in [3.05, 3.63) is 18.2 Å². The summed E-state index contributed by atoms with van der Waals surface area (Å²) in [6.07, 6.45) is 6.12. The molecule has 1 unspecified atom stereocenters. The van der Waals surface area contributed by atoms with Crippen LogP contribution < -0.4 is 10.2 Å². The van der Waals surface area contributed by atoms with E-state index in [4.69, 9.17) is 0 Å². The molecule has 0 amide bonds. The lowest BCUT2D eigenvalue weighted by molar-refractivity contribution is 0.443. The van der Waals surface area contributed by atoms with Gasteiger partial charge in [0.15, 0.2) is 5.82 Å². The SMILES string of the molecule is Cc1nnc2c(N(C)C3CCCNC3)nccn12. The summed E-state index contributed by atoms with van der Waals surface area (Å²) in [4.78, 5) is 6.69. The fourth-order valence-corrected chi connectivity index (χ4v) is 2.51. The summed E-state index contributed by atoms with van der Waals surface area (Å²) in [5.41, 5.74) is 0.836. The van der Waals surface area contributed by atoms with Crippen molar-refractivity contribution < 1.29 is 0 Å². The third-order valence-corrected chi connectivity index (χ3v) is 3.63. The summed E-state index contributed by atoms with van der Waals surface area (Å²) < 4.78 is 1.98. The molecule has 3 heterocycles. The lowest BCUT2D eigenvalue weighted by Crippen LogP contribution is -2.44. The number of hydrogen-bond donors (Lipinski definition) is 1. The minimum atomic E-state index is 0.481. The van der Waals surface area contributed by atoms with Crippen molar-refractivity contribution in [3.8, 4) is 0 Å². The molecule has 18 heavy (non-hydrogen) atoms. The third-order valence-electron chi connectivity index (χ3n) is 3.63. The molecule has 2 aromatic heterocycles. The van der Waals surface area contributed by atoms with Gasteiger partial charge in [-0.1, -0.05) is 0 Å². The van der Waals surface area contributed by atoms with Gasteiger partial charge in [0.1, 0.15) is 5.82 Å². The molecular weight excluding hydrogens is 228 g/mol. The van der Waals surface area contributed by atoms with Crippen molar-refractivity contribution in [2.45, 2.75) is 25.8 Å². The van der Waals surface area contributed by atoms with E-state index in [1.165, 1.54) is 12.8 Å². The summed E-state index contributed by atoms with van der Waals surface area (Å²) in [5, 5.41) is 11.8. The number of nitrogens with zero attached hydrogens (tertiary/aromatic N) is 5. The molecule has 0 radical (unpaired) electrons. The maximum atomic E-state index is 4.47. The van der Waals surface area contributed by atoms with Crippen LogP contribution >= 0.6 is 0 Å². The number of hydrogen-bond acceptors (Lipinski definition) is 5. The van der Waals surface area contributed by atoms with E-state index in [0.717, 1.165) is 30.4 Å². The molecular formula is C12H18N6. The van der Waals surface area contributed by atoms with Gasteiger partial charge in [0, 0.05) is 32.0 Å². The van der Waals surface area contributed by atoms with E-state index < -0.39 is 0 Å². The molecule has 1 saturated heterocycles. The van der Waals surface area contributed by atoms with Crippen LogP contribution in [0.25, 0.3) is 5.65 Å². The molecule has 1 N–H and O–H groups in total. The van der Waals surface area contributed by atoms with Gasteiger partial charge in [0.2, 0.25) is 5.65 Å². The zero-order chi connectivity index (χ0) is 12.5. The highest BCUT2D eigenvalue weighted by molar-refractivity contribution is 5.63. The number of aromatic nitrogens is 4.